The number of rotatable bonds is 6. The molecular weight excluding hydrogens is 248 g/mol. The van der Waals surface area contributed by atoms with Crippen LogP contribution in [0.25, 0.3) is 0 Å². The van der Waals surface area contributed by atoms with E-state index in [1.807, 2.05) is 13.1 Å². The maximum absolute atomic E-state index is 11.7. The van der Waals surface area contributed by atoms with Crippen molar-refractivity contribution in [3.63, 3.8) is 0 Å². The van der Waals surface area contributed by atoms with Gasteiger partial charge in [0.2, 0.25) is 0 Å². The minimum Gasteiger partial charge on any atom is -0.462 e. The lowest BCUT2D eigenvalue weighted by molar-refractivity contribution is 0.0533. The molecule has 0 atom stereocenters. The zero-order valence-corrected chi connectivity index (χ0v) is 12.3. The number of ether oxygens (including phenoxy) is 1. The van der Waals surface area contributed by atoms with Gasteiger partial charge in [-0.1, -0.05) is 13.8 Å². The van der Waals surface area contributed by atoms with Crippen molar-refractivity contribution in [3.05, 3.63) is 10.9 Å². The number of thiophene rings is 1. The smallest absolute Gasteiger partial charge is 0.350 e. The predicted octanol–water partition coefficient (Wildman–Crippen LogP) is 2.99. The number of nitrogens with zero attached hydrogens (tertiary/aromatic N) is 1. The van der Waals surface area contributed by atoms with E-state index in [2.05, 4.69) is 18.7 Å². The summed E-state index contributed by atoms with van der Waals surface area (Å²) in [5.74, 6) is 0.331. The highest BCUT2D eigenvalue weighted by Crippen LogP contribution is 2.32. The number of hydrogen-bond acceptors (Lipinski definition) is 5. The van der Waals surface area contributed by atoms with Gasteiger partial charge in [0.1, 0.15) is 4.88 Å². The highest BCUT2D eigenvalue weighted by Gasteiger charge is 2.17. The zero-order chi connectivity index (χ0) is 13.7. The van der Waals surface area contributed by atoms with Crippen LogP contribution in [0, 0.1) is 5.92 Å². The number of anilines is 2. The van der Waals surface area contributed by atoms with Crippen LogP contribution in [0.3, 0.4) is 0 Å². The normalized spacial score (nSPS) is 10.7. The molecule has 0 saturated heterocycles. The van der Waals surface area contributed by atoms with Crippen molar-refractivity contribution in [2.75, 3.05) is 30.8 Å². The van der Waals surface area contributed by atoms with Crippen LogP contribution in [0.1, 0.15) is 36.9 Å². The van der Waals surface area contributed by atoms with E-state index in [4.69, 9.17) is 10.5 Å². The number of carbonyl (C=O) groups is 1. The highest BCUT2D eigenvalue weighted by molar-refractivity contribution is 7.18. The first kappa shape index (κ1) is 14.8. The Labute approximate surface area is 113 Å². The van der Waals surface area contributed by atoms with E-state index in [1.54, 1.807) is 6.92 Å². The summed E-state index contributed by atoms with van der Waals surface area (Å²) in [7, 11) is 2.02. The van der Waals surface area contributed by atoms with Crippen LogP contribution in [0.5, 0.6) is 0 Å². The molecule has 0 amide bonds. The van der Waals surface area contributed by atoms with E-state index >= 15 is 0 Å². The second kappa shape index (κ2) is 6.64. The fourth-order valence-electron chi connectivity index (χ4n) is 1.50. The molecule has 2 N–H and O–H groups in total. The Morgan fingerprint density at radius 2 is 2.22 bits per heavy atom. The molecule has 0 aliphatic carbocycles. The third-order valence-corrected chi connectivity index (χ3v) is 3.87. The second-order valence-electron chi connectivity index (χ2n) is 4.69. The Bertz CT molecular complexity index is 402. The molecule has 0 bridgehead atoms. The van der Waals surface area contributed by atoms with Gasteiger partial charge < -0.3 is 15.4 Å². The van der Waals surface area contributed by atoms with Crippen LogP contribution >= 0.6 is 11.3 Å². The van der Waals surface area contributed by atoms with Gasteiger partial charge in [-0.25, -0.2) is 4.79 Å². The first-order chi connectivity index (χ1) is 8.45. The van der Waals surface area contributed by atoms with Gasteiger partial charge in [-0.3, -0.25) is 0 Å². The number of hydrogen-bond donors (Lipinski definition) is 1. The minimum atomic E-state index is -0.330. The van der Waals surface area contributed by atoms with Gasteiger partial charge in [0.15, 0.2) is 0 Å². The number of nitrogen functional groups attached to an aromatic ring is 1. The Morgan fingerprint density at radius 1 is 1.56 bits per heavy atom. The van der Waals surface area contributed by atoms with Crippen LogP contribution in [-0.2, 0) is 4.74 Å². The van der Waals surface area contributed by atoms with Crippen molar-refractivity contribution < 1.29 is 9.53 Å². The first-order valence-electron chi connectivity index (χ1n) is 6.23. The SMILES string of the molecule is CCOC(=O)c1sc(N(C)CCC(C)C)cc1N. The van der Waals surface area contributed by atoms with Gasteiger partial charge in [-0.15, -0.1) is 11.3 Å². The van der Waals surface area contributed by atoms with Gasteiger partial charge >= 0.3 is 5.97 Å². The van der Waals surface area contributed by atoms with Crippen molar-refractivity contribution in [2.45, 2.75) is 27.2 Å². The van der Waals surface area contributed by atoms with E-state index in [-0.39, 0.29) is 5.97 Å². The van der Waals surface area contributed by atoms with Gasteiger partial charge in [-0.2, -0.15) is 0 Å². The number of nitrogens with two attached hydrogens (primary N) is 1. The highest BCUT2D eigenvalue weighted by atomic mass is 32.1. The molecule has 0 spiro atoms. The Kier molecular flexibility index (Phi) is 5.47. The summed E-state index contributed by atoms with van der Waals surface area (Å²) in [6.07, 6.45) is 1.11. The quantitative estimate of drug-likeness (QED) is 0.807. The lowest BCUT2D eigenvalue weighted by atomic mass is 10.1. The average Bonchev–Trinajstić information content (AvgIpc) is 2.68. The maximum atomic E-state index is 11.7. The monoisotopic (exact) mass is 270 g/mol. The van der Waals surface area contributed by atoms with Gasteiger partial charge in [0, 0.05) is 13.6 Å². The summed E-state index contributed by atoms with van der Waals surface area (Å²) in [6, 6.07) is 1.84. The molecule has 1 heterocycles. The molecule has 0 radical (unpaired) electrons. The summed E-state index contributed by atoms with van der Waals surface area (Å²) in [5.41, 5.74) is 6.35. The summed E-state index contributed by atoms with van der Waals surface area (Å²) in [6.45, 7) is 7.51. The first-order valence-corrected chi connectivity index (χ1v) is 7.04. The molecule has 0 aromatic carbocycles. The van der Waals surface area contributed by atoms with Crippen LogP contribution < -0.4 is 10.6 Å². The summed E-state index contributed by atoms with van der Waals surface area (Å²) >= 11 is 1.39. The molecule has 1 aromatic heterocycles. The number of esters is 1. The number of carbonyl (C=O) groups excluding carboxylic acids is 1. The molecule has 0 aliphatic heterocycles. The summed E-state index contributed by atoms with van der Waals surface area (Å²) in [4.78, 5) is 14.3. The molecule has 18 heavy (non-hydrogen) atoms. The van der Waals surface area contributed by atoms with Crippen molar-refractivity contribution in [3.8, 4) is 0 Å². The van der Waals surface area contributed by atoms with Gasteiger partial charge in [-0.05, 0) is 25.3 Å². The molecule has 0 unspecified atom stereocenters. The molecule has 1 aromatic rings. The molecule has 0 aliphatic rings. The molecule has 5 heteroatoms. The van der Waals surface area contributed by atoms with Crippen LogP contribution in [0.4, 0.5) is 10.7 Å². The van der Waals surface area contributed by atoms with E-state index in [9.17, 15) is 4.79 Å². The third kappa shape index (κ3) is 3.91. The van der Waals surface area contributed by atoms with Crippen molar-refractivity contribution in [1.29, 1.82) is 0 Å². The lowest BCUT2D eigenvalue weighted by Crippen LogP contribution is -2.18. The van der Waals surface area contributed by atoms with Crippen molar-refractivity contribution >= 4 is 28.0 Å². The van der Waals surface area contributed by atoms with E-state index in [0.717, 1.165) is 18.0 Å². The van der Waals surface area contributed by atoms with Crippen LogP contribution in [0.15, 0.2) is 6.07 Å². The lowest BCUT2D eigenvalue weighted by Gasteiger charge is -2.17. The Balaban J connectivity index is 2.73. The van der Waals surface area contributed by atoms with Crippen molar-refractivity contribution in [1.82, 2.24) is 0 Å². The molecule has 1 rings (SSSR count). The molecular formula is C13H22N2O2S. The molecule has 4 nitrogen and oxygen atoms in total. The third-order valence-electron chi connectivity index (χ3n) is 2.63. The van der Waals surface area contributed by atoms with Crippen LogP contribution in [-0.4, -0.2) is 26.2 Å². The largest absolute Gasteiger partial charge is 0.462 e. The van der Waals surface area contributed by atoms with Crippen LogP contribution in [0.2, 0.25) is 0 Å². The fourth-order valence-corrected chi connectivity index (χ4v) is 2.46. The zero-order valence-electron chi connectivity index (χ0n) is 11.5. The van der Waals surface area contributed by atoms with E-state index in [0.29, 0.717) is 23.1 Å². The predicted molar refractivity (Wildman–Crippen MR) is 77.4 cm³/mol. The summed E-state index contributed by atoms with van der Waals surface area (Å²) in [5, 5.41) is 1.01. The van der Waals surface area contributed by atoms with E-state index < -0.39 is 0 Å². The Morgan fingerprint density at radius 3 is 2.78 bits per heavy atom. The summed E-state index contributed by atoms with van der Waals surface area (Å²) < 4.78 is 4.97. The van der Waals surface area contributed by atoms with Crippen molar-refractivity contribution in [2.24, 2.45) is 5.92 Å². The fraction of sp³-hybridized carbons (Fsp3) is 0.615. The standard InChI is InChI=1S/C13H22N2O2S/c1-5-17-13(16)12-10(14)8-11(18-12)15(4)7-6-9(2)3/h8-9H,5-7,14H2,1-4H3. The Hall–Kier alpha value is -1.23. The second-order valence-corrected chi connectivity index (χ2v) is 5.72. The average molecular weight is 270 g/mol. The minimum absolute atomic E-state index is 0.330. The molecule has 0 saturated carbocycles. The maximum Gasteiger partial charge on any atom is 0.350 e. The molecule has 102 valence electrons. The van der Waals surface area contributed by atoms with E-state index in [1.165, 1.54) is 11.3 Å². The topological polar surface area (TPSA) is 55.6 Å². The molecule has 0 fully saturated rings. The van der Waals surface area contributed by atoms with Gasteiger partial charge in [0.05, 0.1) is 17.3 Å². The van der Waals surface area contributed by atoms with Gasteiger partial charge in [0.25, 0.3) is 0 Å².